The van der Waals surface area contributed by atoms with Crippen LogP contribution in [0.15, 0.2) is 16.7 Å². The van der Waals surface area contributed by atoms with E-state index in [-0.39, 0.29) is 0 Å². The van der Waals surface area contributed by atoms with E-state index < -0.39 is 0 Å². The van der Waals surface area contributed by atoms with Crippen molar-refractivity contribution >= 4 is 11.3 Å². The van der Waals surface area contributed by atoms with E-state index >= 15 is 0 Å². The lowest BCUT2D eigenvalue weighted by atomic mass is 10.2. The molecule has 1 aliphatic carbocycles. The lowest BCUT2D eigenvalue weighted by molar-refractivity contribution is 0.199. The quantitative estimate of drug-likeness (QED) is 0.762. The number of fused-ring (bicyclic) bond motifs is 1. The Morgan fingerprint density at radius 3 is 3.19 bits per heavy atom. The van der Waals surface area contributed by atoms with Gasteiger partial charge in [0.2, 0.25) is 0 Å². The fourth-order valence-electron chi connectivity index (χ4n) is 2.65. The Hall–Kier alpha value is -1.17. The number of nitrogens with zero attached hydrogens (tertiary/aromatic N) is 1. The van der Waals surface area contributed by atoms with Gasteiger partial charge in [0.25, 0.3) is 0 Å². The molecule has 2 heterocycles. The summed E-state index contributed by atoms with van der Waals surface area (Å²) in [6.45, 7) is 2.62. The van der Waals surface area contributed by atoms with E-state index in [1.165, 1.54) is 34.6 Å². The highest BCUT2D eigenvalue weighted by atomic mass is 32.1. The van der Waals surface area contributed by atoms with Crippen LogP contribution in [0.3, 0.4) is 0 Å². The molecular formula is C16H22N2O2S. The summed E-state index contributed by atoms with van der Waals surface area (Å²) in [5.74, 6) is 1.77. The van der Waals surface area contributed by atoms with Crippen molar-refractivity contribution in [2.24, 2.45) is 0 Å². The lowest BCUT2D eigenvalue weighted by Gasteiger charge is -2.01. The van der Waals surface area contributed by atoms with Crippen LogP contribution in [-0.2, 0) is 24.0 Å². The lowest BCUT2D eigenvalue weighted by Crippen LogP contribution is -2.20. The van der Waals surface area contributed by atoms with Crippen molar-refractivity contribution in [2.75, 3.05) is 26.8 Å². The van der Waals surface area contributed by atoms with Crippen molar-refractivity contribution in [3.8, 4) is 10.6 Å². The minimum absolute atomic E-state index is 0.756. The van der Waals surface area contributed by atoms with Gasteiger partial charge in [-0.25, -0.2) is 4.98 Å². The van der Waals surface area contributed by atoms with Crippen LogP contribution in [0.2, 0.25) is 0 Å². The number of thiophene rings is 1. The molecule has 0 saturated carbocycles. The first kappa shape index (κ1) is 14.8. The summed E-state index contributed by atoms with van der Waals surface area (Å²) < 4.78 is 10.9. The third-order valence-corrected chi connectivity index (χ3v) is 5.02. The van der Waals surface area contributed by atoms with Crippen LogP contribution >= 0.6 is 11.3 Å². The highest BCUT2D eigenvalue weighted by Gasteiger charge is 2.17. The molecule has 1 N–H and O–H groups in total. The summed E-state index contributed by atoms with van der Waals surface area (Å²) in [5.41, 5.74) is 1.51. The zero-order chi connectivity index (χ0) is 14.5. The van der Waals surface area contributed by atoms with Crippen LogP contribution in [0.1, 0.15) is 29.2 Å². The number of methoxy groups -OCH3 is 1. The number of hydrogen-bond donors (Lipinski definition) is 1. The second kappa shape index (κ2) is 7.20. The van der Waals surface area contributed by atoms with Gasteiger partial charge >= 0.3 is 0 Å². The average Bonchev–Trinajstić information content (AvgIpc) is 3.16. The van der Waals surface area contributed by atoms with E-state index in [0.29, 0.717) is 0 Å². The number of aromatic nitrogens is 1. The first-order valence-corrected chi connectivity index (χ1v) is 8.45. The molecule has 0 aliphatic heterocycles. The summed E-state index contributed by atoms with van der Waals surface area (Å²) >= 11 is 1.87. The highest BCUT2D eigenvalue weighted by molar-refractivity contribution is 7.15. The number of rotatable bonds is 8. The number of oxazole rings is 1. The fourth-order valence-corrected chi connectivity index (χ4v) is 3.85. The molecule has 0 spiro atoms. The Morgan fingerprint density at radius 1 is 1.38 bits per heavy atom. The van der Waals surface area contributed by atoms with Crippen molar-refractivity contribution < 1.29 is 9.15 Å². The topological polar surface area (TPSA) is 47.3 Å². The number of ether oxygens (including phenoxy) is 1. The van der Waals surface area contributed by atoms with Gasteiger partial charge in [0.05, 0.1) is 17.7 Å². The molecule has 0 unspecified atom stereocenters. The van der Waals surface area contributed by atoms with Crippen molar-refractivity contribution in [2.45, 2.75) is 32.1 Å². The molecule has 3 rings (SSSR count). The molecule has 114 valence electrons. The fraction of sp³-hybridized carbons (Fsp3) is 0.562. The Balaban J connectivity index is 1.49. The van der Waals surface area contributed by atoms with E-state index in [0.717, 1.165) is 44.2 Å². The molecule has 0 radical (unpaired) electrons. The minimum atomic E-state index is 0.756. The van der Waals surface area contributed by atoms with Crippen molar-refractivity contribution in [1.29, 1.82) is 0 Å². The third-order valence-electron chi connectivity index (χ3n) is 3.77. The Labute approximate surface area is 129 Å². The molecule has 2 aromatic rings. The molecule has 0 atom stereocenters. The maximum absolute atomic E-state index is 5.88. The molecule has 0 aromatic carbocycles. The van der Waals surface area contributed by atoms with Crippen molar-refractivity contribution in [3.05, 3.63) is 28.6 Å². The third kappa shape index (κ3) is 3.73. The summed E-state index contributed by atoms with van der Waals surface area (Å²) in [4.78, 5) is 7.16. The Kier molecular flexibility index (Phi) is 5.06. The summed E-state index contributed by atoms with van der Waals surface area (Å²) in [6, 6.07) is 2.28. The van der Waals surface area contributed by atoms with Gasteiger partial charge in [-0.3, -0.25) is 0 Å². The van der Waals surface area contributed by atoms with E-state index in [2.05, 4.69) is 16.4 Å². The van der Waals surface area contributed by atoms with E-state index in [1.54, 1.807) is 7.11 Å². The maximum atomic E-state index is 5.88. The predicted molar refractivity (Wildman–Crippen MR) is 84.9 cm³/mol. The first-order chi connectivity index (χ1) is 10.4. The molecule has 4 nitrogen and oxygen atoms in total. The van der Waals surface area contributed by atoms with Gasteiger partial charge in [-0.2, -0.15) is 0 Å². The number of aryl methyl sites for hydroxylation is 3. The van der Waals surface area contributed by atoms with Gasteiger partial charge < -0.3 is 14.5 Å². The summed E-state index contributed by atoms with van der Waals surface area (Å²) in [6.07, 6.45) is 7.54. The molecule has 0 amide bonds. The van der Waals surface area contributed by atoms with Crippen LogP contribution in [0.4, 0.5) is 0 Å². The average molecular weight is 306 g/mol. The molecule has 0 fully saturated rings. The second-order valence-electron chi connectivity index (χ2n) is 5.38. The van der Waals surface area contributed by atoms with Crippen LogP contribution in [0.5, 0.6) is 0 Å². The van der Waals surface area contributed by atoms with Gasteiger partial charge in [-0.1, -0.05) is 0 Å². The molecule has 5 heteroatoms. The van der Waals surface area contributed by atoms with Crippen LogP contribution < -0.4 is 5.32 Å². The van der Waals surface area contributed by atoms with Crippen molar-refractivity contribution in [3.63, 3.8) is 0 Å². The van der Waals surface area contributed by atoms with Crippen LogP contribution in [-0.4, -0.2) is 31.8 Å². The largest absolute Gasteiger partial charge is 0.440 e. The van der Waals surface area contributed by atoms with Gasteiger partial charge in [0, 0.05) is 25.0 Å². The highest BCUT2D eigenvalue weighted by Crippen LogP contribution is 2.36. The molecule has 0 saturated heterocycles. The van der Waals surface area contributed by atoms with Crippen molar-refractivity contribution in [1.82, 2.24) is 10.3 Å². The number of nitrogens with one attached hydrogen (secondary N) is 1. The minimum Gasteiger partial charge on any atom is -0.440 e. The number of hydrogen-bond acceptors (Lipinski definition) is 5. The van der Waals surface area contributed by atoms with Crippen LogP contribution in [0, 0.1) is 0 Å². The molecule has 21 heavy (non-hydrogen) atoms. The van der Waals surface area contributed by atoms with Gasteiger partial charge in [-0.05, 0) is 43.9 Å². The van der Waals surface area contributed by atoms with Crippen LogP contribution in [0.25, 0.3) is 10.6 Å². The van der Waals surface area contributed by atoms with E-state index in [9.17, 15) is 0 Å². The van der Waals surface area contributed by atoms with Gasteiger partial charge in [0.1, 0.15) is 0 Å². The van der Waals surface area contributed by atoms with E-state index in [4.69, 9.17) is 9.15 Å². The molecular weight excluding hydrogens is 284 g/mol. The predicted octanol–water partition coefficient (Wildman–Crippen LogP) is 3.06. The van der Waals surface area contributed by atoms with Gasteiger partial charge in [0.15, 0.2) is 11.7 Å². The standard InChI is InChI=1S/C16H22N2O2S/c1-19-9-8-17-7-3-6-16-18-11-13(20-16)15-10-12-4-2-5-14(12)21-15/h10-11,17H,2-9H2,1H3. The normalized spacial score (nSPS) is 13.8. The molecule has 2 aromatic heterocycles. The second-order valence-corrected chi connectivity index (χ2v) is 6.51. The zero-order valence-electron chi connectivity index (χ0n) is 12.5. The monoisotopic (exact) mass is 306 g/mol. The summed E-state index contributed by atoms with van der Waals surface area (Å²) in [7, 11) is 1.72. The first-order valence-electron chi connectivity index (χ1n) is 7.63. The Morgan fingerprint density at radius 2 is 2.33 bits per heavy atom. The zero-order valence-corrected chi connectivity index (χ0v) is 13.3. The maximum Gasteiger partial charge on any atom is 0.194 e. The van der Waals surface area contributed by atoms with Gasteiger partial charge in [-0.15, -0.1) is 11.3 Å². The Bertz CT molecular complexity index is 555. The summed E-state index contributed by atoms with van der Waals surface area (Å²) in [5, 5.41) is 3.33. The molecule has 0 bridgehead atoms. The van der Waals surface area contributed by atoms with E-state index in [1.807, 2.05) is 17.5 Å². The molecule has 1 aliphatic rings. The smallest absolute Gasteiger partial charge is 0.194 e. The SMILES string of the molecule is COCCNCCCc1ncc(-c2cc3c(s2)CCC3)o1.